The van der Waals surface area contributed by atoms with Gasteiger partial charge in [-0.2, -0.15) is 0 Å². The third-order valence-electron chi connectivity index (χ3n) is 2.17. The molecule has 0 amide bonds. The molecule has 0 heterocycles. The van der Waals surface area contributed by atoms with Crippen molar-refractivity contribution in [2.45, 2.75) is 19.1 Å². The standard InChI is InChI=1S/C11H11BrF2O3S/c1-5(15)18-4-9(16)11(17)6-2-7(13)10(12)8(14)3-6/h2-3,9,11,16-17H,4H2,1H3. The molecule has 3 nitrogen and oxygen atoms in total. The van der Waals surface area contributed by atoms with E-state index in [0.29, 0.717) is 0 Å². The summed E-state index contributed by atoms with van der Waals surface area (Å²) in [5, 5.41) is 19.1. The van der Waals surface area contributed by atoms with E-state index in [1.54, 1.807) is 0 Å². The minimum Gasteiger partial charge on any atom is -0.389 e. The number of carbonyl (C=O) groups excluding carboxylic acids is 1. The van der Waals surface area contributed by atoms with E-state index < -0.39 is 23.8 Å². The molecule has 7 heteroatoms. The number of halogens is 3. The highest BCUT2D eigenvalue weighted by Crippen LogP contribution is 2.26. The van der Waals surface area contributed by atoms with Crippen LogP contribution in [0.5, 0.6) is 0 Å². The first-order valence-corrected chi connectivity index (χ1v) is 6.74. The van der Waals surface area contributed by atoms with Crippen molar-refractivity contribution in [3.05, 3.63) is 33.8 Å². The van der Waals surface area contributed by atoms with E-state index in [2.05, 4.69) is 15.9 Å². The Kier molecular flexibility index (Phi) is 5.71. The van der Waals surface area contributed by atoms with Gasteiger partial charge in [0.25, 0.3) is 0 Å². The minimum atomic E-state index is -1.45. The lowest BCUT2D eigenvalue weighted by Gasteiger charge is -2.17. The molecule has 2 atom stereocenters. The Morgan fingerprint density at radius 3 is 2.33 bits per heavy atom. The van der Waals surface area contributed by atoms with Gasteiger partial charge in [-0.1, -0.05) is 11.8 Å². The van der Waals surface area contributed by atoms with Crippen LogP contribution >= 0.6 is 27.7 Å². The summed E-state index contributed by atoms with van der Waals surface area (Å²) >= 11 is 3.53. The molecule has 0 saturated heterocycles. The second kappa shape index (κ2) is 6.60. The topological polar surface area (TPSA) is 57.5 Å². The molecule has 1 aromatic carbocycles. The van der Waals surface area contributed by atoms with Crippen molar-refractivity contribution >= 4 is 32.8 Å². The fraction of sp³-hybridized carbons (Fsp3) is 0.364. The number of aliphatic hydroxyl groups excluding tert-OH is 2. The highest BCUT2D eigenvalue weighted by atomic mass is 79.9. The van der Waals surface area contributed by atoms with Crippen molar-refractivity contribution in [2.24, 2.45) is 0 Å². The number of carbonyl (C=O) groups is 1. The molecular weight excluding hydrogens is 330 g/mol. The van der Waals surface area contributed by atoms with Crippen LogP contribution in [-0.2, 0) is 4.79 Å². The summed E-state index contributed by atoms with van der Waals surface area (Å²) in [6.45, 7) is 1.32. The number of aliphatic hydroxyl groups is 2. The fourth-order valence-corrected chi connectivity index (χ4v) is 2.08. The van der Waals surface area contributed by atoms with Crippen LogP contribution in [0.2, 0.25) is 0 Å². The zero-order chi connectivity index (χ0) is 13.9. The van der Waals surface area contributed by atoms with Crippen molar-refractivity contribution in [2.75, 3.05) is 5.75 Å². The number of hydrogen-bond donors (Lipinski definition) is 2. The van der Waals surface area contributed by atoms with Crippen molar-refractivity contribution < 1.29 is 23.8 Å². The van der Waals surface area contributed by atoms with Gasteiger partial charge in [0.05, 0.1) is 10.6 Å². The van der Waals surface area contributed by atoms with E-state index in [-0.39, 0.29) is 20.9 Å². The van der Waals surface area contributed by atoms with Crippen LogP contribution in [0.4, 0.5) is 8.78 Å². The predicted molar refractivity (Wildman–Crippen MR) is 68.2 cm³/mol. The summed E-state index contributed by atoms with van der Waals surface area (Å²) in [7, 11) is 0. The summed E-state index contributed by atoms with van der Waals surface area (Å²) in [5.41, 5.74) is -0.0788. The van der Waals surface area contributed by atoms with E-state index in [9.17, 15) is 23.8 Å². The molecule has 0 saturated carbocycles. The monoisotopic (exact) mass is 340 g/mol. The van der Waals surface area contributed by atoms with Crippen LogP contribution < -0.4 is 0 Å². The molecule has 0 aliphatic carbocycles. The summed E-state index contributed by atoms with van der Waals surface area (Å²) in [4.78, 5) is 10.7. The van der Waals surface area contributed by atoms with Crippen molar-refractivity contribution in [1.82, 2.24) is 0 Å². The van der Waals surface area contributed by atoms with Gasteiger partial charge in [0.15, 0.2) is 5.12 Å². The molecule has 100 valence electrons. The van der Waals surface area contributed by atoms with Gasteiger partial charge in [-0.3, -0.25) is 4.79 Å². The van der Waals surface area contributed by atoms with Crippen LogP contribution in [-0.4, -0.2) is 27.2 Å². The zero-order valence-electron chi connectivity index (χ0n) is 9.36. The molecule has 0 radical (unpaired) electrons. The molecule has 2 N–H and O–H groups in total. The van der Waals surface area contributed by atoms with E-state index in [4.69, 9.17) is 0 Å². The summed E-state index contributed by atoms with van der Waals surface area (Å²) in [6, 6.07) is 1.86. The highest BCUT2D eigenvalue weighted by molar-refractivity contribution is 9.10. The molecule has 18 heavy (non-hydrogen) atoms. The molecule has 0 fully saturated rings. The van der Waals surface area contributed by atoms with Gasteiger partial charge in [-0.25, -0.2) is 8.78 Å². The van der Waals surface area contributed by atoms with Crippen molar-refractivity contribution in [1.29, 1.82) is 0 Å². The molecule has 0 spiro atoms. The average molecular weight is 341 g/mol. The van der Waals surface area contributed by atoms with Crippen LogP contribution in [0.15, 0.2) is 16.6 Å². The second-order valence-electron chi connectivity index (χ2n) is 3.61. The quantitative estimate of drug-likeness (QED) is 0.826. The summed E-state index contributed by atoms with van der Waals surface area (Å²) < 4.78 is 26.2. The number of benzene rings is 1. The Morgan fingerprint density at radius 1 is 1.39 bits per heavy atom. The zero-order valence-corrected chi connectivity index (χ0v) is 11.8. The SMILES string of the molecule is CC(=O)SCC(O)C(O)c1cc(F)c(Br)c(F)c1. The van der Waals surface area contributed by atoms with E-state index >= 15 is 0 Å². The number of hydrogen-bond acceptors (Lipinski definition) is 4. The maximum atomic E-state index is 13.2. The van der Waals surface area contributed by atoms with E-state index in [0.717, 1.165) is 23.9 Å². The molecule has 2 unspecified atom stereocenters. The van der Waals surface area contributed by atoms with E-state index in [1.807, 2.05) is 0 Å². The predicted octanol–water partition coefficient (Wildman–Crippen LogP) is 2.40. The average Bonchev–Trinajstić information content (AvgIpc) is 2.31. The normalized spacial score (nSPS) is 14.3. The van der Waals surface area contributed by atoms with Gasteiger partial charge in [0.1, 0.15) is 17.7 Å². The summed E-state index contributed by atoms with van der Waals surface area (Å²) in [5.74, 6) is -1.78. The van der Waals surface area contributed by atoms with Gasteiger partial charge in [0.2, 0.25) is 0 Å². The Bertz CT molecular complexity index is 433. The van der Waals surface area contributed by atoms with Crippen LogP contribution in [0, 0.1) is 11.6 Å². The fourth-order valence-electron chi connectivity index (χ4n) is 1.26. The van der Waals surface area contributed by atoms with Crippen molar-refractivity contribution in [3.8, 4) is 0 Å². The second-order valence-corrected chi connectivity index (χ2v) is 5.60. The molecular formula is C11H11BrF2O3S. The third kappa shape index (κ3) is 4.01. The smallest absolute Gasteiger partial charge is 0.185 e. The van der Waals surface area contributed by atoms with Gasteiger partial charge in [0, 0.05) is 12.7 Å². The number of rotatable bonds is 4. The third-order valence-corrected chi connectivity index (χ3v) is 3.84. The van der Waals surface area contributed by atoms with Crippen molar-refractivity contribution in [3.63, 3.8) is 0 Å². The molecule has 0 aliphatic rings. The Hall–Kier alpha value is -0.500. The minimum absolute atomic E-state index is 0.0458. The number of thioether (sulfide) groups is 1. The molecule has 0 bridgehead atoms. The van der Waals surface area contributed by atoms with Gasteiger partial charge in [-0.15, -0.1) is 0 Å². The molecule has 1 rings (SSSR count). The lowest BCUT2D eigenvalue weighted by molar-refractivity contribution is -0.109. The van der Waals surface area contributed by atoms with Crippen LogP contribution in [0.25, 0.3) is 0 Å². The Balaban J connectivity index is 2.83. The van der Waals surface area contributed by atoms with Gasteiger partial charge in [-0.05, 0) is 33.6 Å². The highest BCUT2D eigenvalue weighted by Gasteiger charge is 2.21. The lowest BCUT2D eigenvalue weighted by atomic mass is 10.1. The first kappa shape index (κ1) is 15.6. The van der Waals surface area contributed by atoms with Crippen LogP contribution in [0.1, 0.15) is 18.6 Å². The van der Waals surface area contributed by atoms with E-state index in [1.165, 1.54) is 6.92 Å². The molecule has 0 aliphatic heterocycles. The Morgan fingerprint density at radius 2 is 1.89 bits per heavy atom. The maximum absolute atomic E-state index is 13.2. The first-order chi connectivity index (χ1) is 8.32. The molecule has 1 aromatic rings. The summed E-state index contributed by atoms with van der Waals surface area (Å²) in [6.07, 6.45) is -2.73. The largest absolute Gasteiger partial charge is 0.389 e. The Labute approximate surface area is 115 Å². The van der Waals surface area contributed by atoms with Gasteiger partial charge >= 0.3 is 0 Å². The first-order valence-electron chi connectivity index (χ1n) is 4.97. The lowest BCUT2D eigenvalue weighted by Crippen LogP contribution is -2.21. The molecule has 0 aromatic heterocycles. The maximum Gasteiger partial charge on any atom is 0.185 e. The van der Waals surface area contributed by atoms with Gasteiger partial charge < -0.3 is 10.2 Å². The van der Waals surface area contributed by atoms with Crippen LogP contribution in [0.3, 0.4) is 0 Å².